The van der Waals surface area contributed by atoms with Crippen LogP contribution in [0.15, 0.2) is 36.9 Å². The van der Waals surface area contributed by atoms with Crippen molar-refractivity contribution in [2.75, 3.05) is 19.4 Å². The highest BCUT2D eigenvalue weighted by Crippen LogP contribution is 2.43. The number of amides is 1. The largest absolute Gasteiger partial charge is 0.351 e. The highest BCUT2D eigenvalue weighted by atomic mass is 16.2. The van der Waals surface area contributed by atoms with Gasteiger partial charge in [0.25, 0.3) is 0 Å². The topological polar surface area (TPSA) is 104 Å². The Morgan fingerprint density at radius 1 is 1.31 bits per heavy atom. The molecule has 1 aliphatic carbocycles. The molecule has 4 aromatic rings. The average Bonchev–Trinajstić information content (AvgIpc) is 3.31. The molecule has 0 bridgehead atoms. The Hall–Kier alpha value is -3.49. The maximum atomic E-state index is 12.3. The Balaban J connectivity index is 1.35. The zero-order chi connectivity index (χ0) is 20.2. The van der Waals surface area contributed by atoms with Crippen molar-refractivity contribution < 1.29 is 4.79 Å². The molecule has 0 spiro atoms. The van der Waals surface area contributed by atoms with E-state index in [1.165, 1.54) is 0 Å². The molecule has 9 heteroatoms. The van der Waals surface area contributed by atoms with E-state index in [9.17, 15) is 4.79 Å². The Kier molecular flexibility index (Phi) is 3.80. The van der Waals surface area contributed by atoms with Gasteiger partial charge in [-0.3, -0.25) is 4.79 Å². The molecule has 1 aliphatic rings. The Labute approximate surface area is 167 Å². The summed E-state index contributed by atoms with van der Waals surface area (Å²) in [5, 5.41) is 8.85. The van der Waals surface area contributed by atoms with Crippen molar-refractivity contribution in [2.45, 2.75) is 25.8 Å². The Morgan fingerprint density at radius 2 is 2.14 bits per heavy atom. The average molecular weight is 390 g/mol. The molecule has 4 heterocycles. The number of H-pyrrole nitrogens is 1. The van der Waals surface area contributed by atoms with Crippen LogP contribution in [-0.2, 0) is 4.79 Å². The number of nitrogens with zero attached hydrogens (tertiary/aromatic N) is 6. The van der Waals surface area contributed by atoms with Crippen LogP contribution < -0.4 is 5.32 Å². The summed E-state index contributed by atoms with van der Waals surface area (Å²) in [5.74, 6) is 0.733. The zero-order valence-corrected chi connectivity index (χ0v) is 16.5. The summed E-state index contributed by atoms with van der Waals surface area (Å²) in [4.78, 5) is 30.5. The van der Waals surface area contributed by atoms with Crippen molar-refractivity contribution in [1.82, 2.24) is 34.4 Å². The molecule has 5 rings (SSSR count). The van der Waals surface area contributed by atoms with Gasteiger partial charge in [0, 0.05) is 55.9 Å². The van der Waals surface area contributed by atoms with Crippen LogP contribution in [0.5, 0.6) is 0 Å². The molecule has 2 N–H and O–H groups in total. The van der Waals surface area contributed by atoms with Gasteiger partial charge in [0.1, 0.15) is 5.65 Å². The van der Waals surface area contributed by atoms with Crippen LogP contribution in [-0.4, -0.2) is 60.5 Å². The van der Waals surface area contributed by atoms with E-state index in [0.717, 1.165) is 40.8 Å². The van der Waals surface area contributed by atoms with Gasteiger partial charge in [-0.25, -0.2) is 14.5 Å². The van der Waals surface area contributed by atoms with Crippen LogP contribution in [0.25, 0.3) is 27.9 Å². The third-order valence-corrected chi connectivity index (χ3v) is 5.61. The van der Waals surface area contributed by atoms with Crippen LogP contribution in [0.2, 0.25) is 0 Å². The number of imidazole rings is 1. The fourth-order valence-corrected chi connectivity index (χ4v) is 4.17. The minimum atomic E-state index is -0.303. The number of aromatic amines is 1. The second-order valence-electron chi connectivity index (χ2n) is 8.12. The van der Waals surface area contributed by atoms with E-state index in [-0.39, 0.29) is 17.4 Å². The summed E-state index contributed by atoms with van der Waals surface area (Å²) in [6.45, 7) is 2.01. The standard InChI is InChI=1S/C20H22N8O/c1-20(18(29)27(2)3)8-12(9-20)24-19-23-11-14-13(10-22-17(14)25-19)15-4-5-16-21-6-7-28(16)26-15/h4-7,10-12H,8-9H2,1-3H3,(H2,22,23,24,25)/t12-,20+. The van der Waals surface area contributed by atoms with Crippen LogP contribution in [0, 0.1) is 5.41 Å². The van der Waals surface area contributed by atoms with Gasteiger partial charge in [-0.15, -0.1) is 0 Å². The number of anilines is 1. The predicted octanol–water partition coefficient (Wildman–Crippen LogP) is 2.34. The highest BCUT2D eigenvalue weighted by molar-refractivity contribution is 5.92. The van der Waals surface area contributed by atoms with E-state index < -0.39 is 0 Å². The number of carbonyl (C=O) groups excluding carboxylic acids is 1. The van der Waals surface area contributed by atoms with E-state index in [0.29, 0.717) is 5.95 Å². The van der Waals surface area contributed by atoms with E-state index >= 15 is 0 Å². The van der Waals surface area contributed by atoms with Crippen molar-refractivity contribution in [3.8, 4) is 11.3 Å². The maximum absolute atomic E-state index is 12.3. The fraction of sp³-hybridized carbons (Fsp3) is 0.350. The minimum absolute atomic E-state index is 0.170. The summed E-state index contributed by atoms with van der Waals surface area (Å²) in [5.41, 5.74) is 3.01. The molecule has 0 unspecified atom stereocenters. The van der Waals surface area contributed by atoms with Crippen LogP contribution in [0.3, 0.4) is 0 Å². The first-order chi connectivity index (χ1) is 13.9. The van der Waals surface area contributed by atoms with Gasteiger partial charge in [-0.05, 0) is 25.0 Å². The van der Waals surface area contributed by atoms with Gasteiger partial charge in [0.15, 0.2) is 5.65 Å². The quantitative estimate of drug-likeness (QED) is 0.554. The number of carbonyl (C=O) groups is 1. The van der Waals surface area contributed by atoms with Gasteiger partial charge < -0.3 is 15.2 Å². The number of nitrogens with one attached hydrogen (secondary N) is 2. The molecule has 0 aromatic carbocycles. The van der Waals surface area contributed by atoms with Gasteiger partial charge in [-0.1, -0.05) is 6.92 Å². The number of hydrogen-bond acceptors (Lipinski definition) is 6. The van der Waals surface area contributed by atoms with Gasteiger partial charge in [0.2, 0.25) is 11.9 Å². The summed E-state index contributed by atoms with van der Waals surface area (Å²) >= 11 is 0. The van der Waals surface area contributed by atoms with Crippen molar-refractivity contribution >= 4 is 28.5 Å². The third-order valence-electron chi connectivity index (χ3n) is 5.61. The number of aromatic nitrogens is 6. The number of rotatable bonds is 4. The Morgan fingerprint density at radius 3 is 2.93 bits per heavy atom. The summed E-state index contributed by atoms with van der Waals surface area (Å²) < 4.78 is 1.74. The summed E-state index contributed by atoms with van der Waals surface area (Å²) in [6.07, 6.45) is 8.79. The van der Waals surface area contributed by atoms with Gasteiger partial charge >= 0.3 is 0 Å². The molecule has 1 saturated carbocycles. The normalized spacial score (nSPS) is 21.3. The molecule has 4 aromatic heterocycles. The first-order valence-corrected chi connectivity index (χ1v) is 9.56. The zero-order valence-electron chi connectivity index (χ0n) is 16.5. The van der Waals surface area contributed by atoms with Crippen molar-refractivity contribution in [2.24, 2.45) is 5.41 Å². The lowest BCUT2D eigenvalue weighted by atomic mass is 9.66. The van der Waals surface area contributed by atoms with Crippen LogP contribution in [0.1, 0.15) is 19.8 Å². The molecular formula is C20H22N8O. The second kappa shape index (κ2) is 6.26. The number of hydrogen-bond donors (Lipinski definition) is 2. The Bertz CT molecular complexity index is 1220. The molecule has 1 amide bonds. The second-order valence-corrected chi connectivity index (χ2v) is 8.12. The first kappa shape index (κ1) is 17.6. The molecule has 1 fully saturated rings. The molecular weight excluding hydrogens is 368 g/mol. The molecule has 0 atom stereocenters. The first-order valence-electron chi connectivity index (χ1n) is 9.56. The molecule has 148 valence electrons. The van der Waals surface area contributed by atoms with E-state index in [1.54, 1.807) is 35.9 Å². The summed E-state index contributed by atoms with van der Waals surface area (Å²) in [7, 11) is 3.60. The van der Waals surface area contributed by atoms with Gasteiger partial charge in [-0.2, -0.15) is 10.1 Å². The van der Waals surface area contributed by atoms with E-state index in [4.69, 9.17) is 0 Å². The number of fused-ring (bicyclic) bond motifs is 2. The van der Waals surface area contributed by atoms with E-state index in [2.05, 4.69) is 30.4 Å². The van der Waals surface area contributed by atoms with Crippen LogP contribution in [0.4, 0.5) is 5.95 Å². The molecule has 0 aliphatic heterocycles. The highest BCUT2D eigenvalue weighted by Gasteiger charge is 2.47. The minimum Gasteiger partial charge on any atom is -0.351 e. The molecule has 29 heavy (non-hydrogen) atoms. The third kappa shape index (κ3) is 2.89. The van der Waals surface area contributed by atoms with Gasteiger partial charge in [0.05, 0.1) is 11.1 Å². The van der Waals surface area contributed by atoms with Crippen molar-refractivity contribution in [3.05, 3.63) is 36.9 Å². The predicted molar refractivity (Wildman–Crippen MR) is 109 cm³/mol. The lowest BCUT2D eigenvalue weighted by molar-refractivity contribution is -0.143. The van der Waals surface area contributed by atoms with Crippen LogP contribution >= 0.6 is 0 Å². The summed E-state index contributed by atoms with van der Waals surface area (Å²) in [6, 6.07) is 4.07. The van der Waals surface area contributed by atoms with E-state index in [1.807, 2.05) is 31.5 Å². The monoisotopic (exact) mass is 390 g/mol. The lowest BCUT2D eigenvalue weighted by Crippen LogP contribution is -2.52. The molecule has 0 saturated heterocycles. The SMILES string of the molecule is CN(C)C(=O)[C@]1(C)C[C@H](Nc2ncc3c(-c4ccc5nccn5n4)c[nH]c3n2)C1. The lowest BCUT2D eigenvalue weighted by Gasteiger charge is -2.45. The smallest absolute Gasteiger partial charge is 0.228 e. The molecule has 0 radical (unpaired) electrons. The van der Waals surface area contributed by atoms with Crippen molar-refractivity contribution in [1.29, 1.82) is 0 Å². The van der Waals surface area contributed by atoms with Crippen molar-refractivity contribution in [3.63, 3.8) is 0 Å². The fourth-order valence-electron chi connectivity index (χ4n) is 4.17. The molecule has 9 nitrogen and oxygen atoms in total. The maximum Gasteiger partial charge on any atom is 0.228 e.